The maximum atomic E-state index is 13.0. The van der Waals surface area contributed by atoms with Crippen molar-refractivity contribution in [3.8, 4) is 11.8 Å². The van der Waals surface area contributed by atoms with E-state index in [1.165, 1.54) is 17.5 Å². The van der Waals surface area contributed by atoms with Gasteiger partial charge in [0.15, 0.2) is 5.75 Å². The summed E-state index contributed by atoms with van der Waals surface area (Å²) in [5.74, 6) is -0.492. The Bertz CT molecular complexity index is 512. The zero-order chi connectivity index (χ0) is 9.42. The lowest BCUT2D eigenvalue weighted by molar-refractivity contribution is 0.480. The Labute approximate surface area is 77.5 Å². The van der Waals surface area contributed by atoms with Crippen LogP contribution >= 0.6 is 11.3 Å². The first kappa shape index (κ1) is 8.02. The third-order valence-corrected chi connectivity index (χ3v) is 2.76. The molecule has 1 N–H and O–H groups in total. The van der Waals surface area contributed by atoms with Crippen LogP contribution in [0.25, 0.3) is 10.1 Å². The number of nitriles is 1. The zero-order valence-electron chi connectivity index (χ0n) is 6.41. The van der Waals surface area contributed by atoms with Crippen molar-refractivity contribution in [3.05, 3.63) is 28.9 Å². The second-order valence-corrected chi connectivity index (χ2v) is 3.41. The van der Waals surface area contributed by atoms with Gasteiger partial charge in [0.25, 0.3) is 0 Å². The molecular formula is C9H4FNOS. The van der Waals surface area contributed by atoms with Crippen LogP contribution in [0.15, 0.2) is 17.5 Å². The number of phenolic OH excluding ortho intramolecular Hbond substituents is 1. The first-order valence-electron chi connectivity index (χ1n) is 3.53. The quantitative estimate of drug-likeness (QED) is 0.698. The fraction of sp³-hybridized carbons (Fsp3) is 0. The van der Waals surface area contributed by atoms with Crippen LogP contribution in [0.5, 0.6) is 5.75 Å². The number of hydrogen-bond acceptors (Lipinski definition) is 3. The molecule has 0 atom stereocenters. The van der Waals surface area contributed by atoms with Crippen LogP contribution in [-0.4, -0.2) is 5.11 Å². The van der Waals surface area contributed by atoms with Crippen molar-refractivity contribution in [2.75, 3.05) is 0 Å². The van der Waals surface area contributed by atoms with E-state index in [4.69, 9.17) is 5.26 Å². The number of rotatable bonds is 0. The number of benzene rings is 1. The van der Waals surface area contributed by atoms with E-state index in [0.717, 1.165) is 11.3 Å². The molecule has 0 aliphatic heterocycles. The summed E-state index contributed by atoms with van der Waals surface area (Å²) in [6.07, 6.45) is 0. The number of thiophene rings is 1. The van der Waals surface area contributed by atoms with Crippen LogP contribution < -0.4 is 0 Å². The highest BCUT2D eigenvalue weighted by Crippen LogP contribution is 2.34. The van der Waals surface area contributed by atoms with Gasteiger partial charge in [0.2, 0.25) is 0 Å². The molecule has 0 radical (unpaired) electrons. The SMILES string of the molecule is N#Cc1ccc2c(F)csc2c1O. The molecule has 0 saturated heterocycles. The molecule has 4 heteroatoms. The Morgan fingerprint density at radius 2 is 2.23 bits per heavy atom. The van der Waals surface area contributed by atoms with Gasteiger partial charge in [-0.05, 0) is 12.1 Å². The van der Waals surface area contributed by atoms with Gasteiger partial charge in [-0.25, -0.2) is 4.39 Å². The van der Waals surface area contributed by atoms with Crippen molar-refractivity contribution in [2.24, 2.45) is 0 Å². The van der Waals surface area contributed by atoms with Crippen molar-refractivity contribution >= 4 is 21.4 Å². The molecule has 0 amide bonds. The van der Waals surface area contributed by atoms with Crippen LogP contribution in [0.3, 0.4) is 0 Å². The Kier molecular flexibility index (Phi) is 1.67. The summed E-state index contributed by atoms with van der Waals surface area (Å²) in [6, 6.07) is 4.74. The summed E-state index contributed by atoms with van der Waals surface area (Å²) in [7, 11) is 0. The fourth-order valence-electron chi connectivity index (χ4n) is 1.14. The molecule has 2 nitrogen and oxygen atoms in total. The lowest BCUT2D eigenvalue weighted by atomic mass is 10.1. The predicted molar refractivity (Wildman–Crippen MR) is 48.2 cm³/mol. The zero-order valence-corrected chi connectivity index (χ0v) is 7.23. The number of phenols is 1. The Morgan fingerprint density at radius 1 is 1.46 bits per heavy atom. The van der Waals surface area contributed by atoms with E-state index in [2.05, 4.69) is 0 Å². The van der Waals surface area contributed by atoms with Crippen LogP contribution in [0.1, 0.15) is 5.56 Å². The van der Waals surface area contributed by atoms with Gasteiger partial charge in [-0.2, -0.15) is 5.26 Å². The minimum atomic E-state index is -0.361. The lowest BCUT2D eigenvalue weighted by Crippen LogP contribution is -1.76. The second-order valence-electron chi connectivity index (χ2n) is 2.53. The number of halogens is 1. The molecule has 2 rings (SSSR count). The van der Waals surface area contributed by atoms with E-state index in [0.29, 0.717) is 10.1 Å². The topological polar surface area (TPSA) is 44.0 Å². The molecule has 64 valence electrons. The number of hydrogen-bond donors (Lipinski definition) is 1. The molecule has 1 heterocycles. The van der Waals surface area contributed by atoms with Crippen LogP contribution in [0.4, 0.5) is 4.39 Å². The van der Waals surface area contributed by atoms with Gasteiger partial charge >= 0.3 is 0 Å². The van der Waals surface area contributed by atoms with Crippen molar-refractivity contribution in [3.63, 3.8) is 0 Å². The smallest absolute Gasteiger partial charge is 0.151 e. The second kappa shape index (κ2) is 2.71. The van der Waals surface area contributed by atoms with Gasteiger partial charge in [-0.1, -0.05) is 0 Å². The number of nitrogens with zero attached hydrogens (tertiary/aromatic N) is 1. The third kappa shape index (κ3) is 1.05. The number of fused-ring (bicyclic) bond motifs is 1. The van der Waals surface area contributed by atoms with Crippen LogP contribution in [-0.2, 0) is 0 Å². The molecule has 0 unspecified atom stereocenters. The molecule has 0 bridgehead atoms. The molecule has 0 spiro atoms. The van der Waals surface area contributed by atoms with E-state index < -0.39 is 0 Å². The predicted octanol–water partition coefficient (Wildman–Crippen LogP) is 2.62. The van der Waals surface area contributed by atoms with Crippen LogP contribution in [0.2, 0.25) is 0 Å². The van der Waals surface area contributed by atoms with E-state index >= 15 is 0 Å². The Balaban J connectivity index is 2.90. The molecule has 13 heavy (non-hydrogen) atoms. The van der Waals surface area contributed by atoms with E-state index in [9.17, 15) is 9.50 Å². The van der Waals surface area contributed by atoms with E-state index in [-0.39, 0.29) is 17.1 Å². The lowest BCUT2D eigenvalue weighted by Gasteiger charge is -1.96. The van der Waals surface area contributed by atoms with Crippen molar-refractivity contribution in [1.82, 2.24) is 0 Å². The molecule has 2 aromatic rings. The third-order valence-electron chi connectivity index (χ3n) is 1.79. The van der Waals surface area contributed by atoms with Crippen molar-refractivity contribution < 1.29 is 9.50 Å². The molecule has 0 aliphatic carbocycles. The fourth-order valence-corrected chi connectivity index (χ4v) is 2.01. The maximum absolute atomic E-state index is 13.0. The highest BCUT2D eigenvalue weighted by Gasteiger charge is 2.10. The first-order valence-corrected chi connectivity index (χ1v) is 4.41. The molecule has 0 fully saturated rings. The summed E-state index contributed by atoms with van der Waals surface area (Å²) >= 11 is 1.09. The summed E-state index contributed by atoms with van der Waals surface area (Å²) in [5, 5.41) is 19.7. The highest BCUT2D eigenvalue weighted by molar-refractivity contribution is 7.17. The van der Waals surface area contributed by atoms with Gasteiger partial charge in [-0.15, -0.1) is 11.3 Å². The standard InChI is InChI=1S/C9H4FNOS/c10-7-4-13-9-6(7)2-1-5(3-11)8(9)12/h1-2,4,12H. The monoisotopic (exact) mass is 193 g/mol. The van der Waals surface area contributed by atoms with Gasteiger partial charge in [0.05, 0.1) is 10.3 Å². The molecule has 1 aromatic carbocycles. The maximum Gasteiger partial charge on any atom is 0.151 e. The summed E-state index contributed by atoms with van der Waals surface area (Å²) in [5.41, 5.74) is 0.175. The van der Waals surface area contributed by atoms with E-state index in [1.807, 2.05) is 6.07 Å². The van der Waals surface area contributed by atoms with Crippen molar-refractivity contribution in [1.29, 1.82) is 5.26 Å². The highest BCUT2D eigenvalue weighted by atomic mass is 32.1. The molecule has 0 saturated carbocycles. The summed E-state index contributed by atoms with van der Waals surface area (Å²) in [6.45, 7) is 0. The molecule has 1 aromatic heterocycles. The average molecular weight is 193 g/mol. The summed E-state index contributed by atoms with van der Waals surface area (Å²) < 4.78 is 13.4. The number of aromatic hydroxyl groups is 1. The largest absolute Gasteiger partial charge is 0.505 e. The minimum Gasteiger partial charge on any atom is -0.505 e. The summed E-state index contributed by atoms with van der Waals surface area (Å²) in [4.78, 5) is 0. The van der Waals surface area contributed by atoms with Crippen molar-refractivity contribution in [2.45, 2.75) is 0 Å². The average Bonchev–Trinajstić information content (AvgIpc) is 2.50. The van der Waals surface area contributed by atoms with Gasteiger partial charge in [0, 0.05) is 10.8 Å². The Morgan fingerprint density at radius 3 is 2.92 bits per heavy atom. The van der Waals surface area contributed by atoms with Gasteiger partial charge in [-0.3, -0.25) is 0 Å². The van der Waals surface area contributed by atoms with Gasteiger partial charge in [0.1, 0.15) is 11.9 Å². The molecular weight excluding hydrogens is 189 g/mol. The van der Waals surface area contributed by atoms with Gasteiger partial charge < -0.3 is 5.11 Å². The molecule has 0 aliphatic rings. The Hall–Kier alpha value is -1.60. The minimum absolute atomic E-state index is 0.131. The van der Waals surface area contributed by atoms with Crippen LogP contribution in [0, 0.1) is 17.1 Å². The first-order chi connectivity index (χ1) is 6.24. The normalized spacial score (nSPS) is 10.2. The van der Waals surface area contributed by atoms with E-state index in [1.54, 1.807) is 0 Å².